The van der Waals surface area contributed by atoms with E-state index in [-0.39, 0.29) is 0 Å². The zero-order chi connectivity index (χ0) is 13.1. The van der Waals surface area contributed by atoms with Gasteiger partial charge in [-0.25, -0.2) is 0 Å². The molecule has 0 nitrogen and oxygen atoms in total. The molecule has 1 radical (unpaired) electrons. The van der Waals surface area contributed by atoms with Crippen molar-refractivity contribution in [3.63, 3.8) is 0 Å². The Balaban J connectivity index is 2.10. The van der Waals surface area contributed by atoms with Gasteiger partial charge in [0.25, 0.3) is 0 Å². The van der Waals surface area contributed by atoms with E-state index in [9.17, 15) is 0 Å². The maximum absolute atomic E-state index is 2.45. The monoisotopic (exact) mass is 259 g/mol. The van der Waals surface area contributed by atoms with Gasteiger partial charge in [-0.05, 0) is 12.8 Å². The summed E-state index contributed by atoms with van der Waals surface area (Å²) < 4.78 is 0. The van der Waals surface area contributed by atoms with Crippen molar-refractivity contribution in [2.24, 2.45) is 0 Å². The lowest BCUT2D eigenvalue weighted by atomic mass is 10.1. The molecule has 1 aromatic carbocycles. The van der Waals surface area contributed by atoms with Crippen LogP contribution < -0.4 is 5.19 Å². The second-order valence-electron chi connectivity index (χ2n) is 5.01. The molecule has 0 aliphatic carbocycles. The van der Waals surface area contributed by atoms with Crippen molar-refractivity contribution in [2.75, 3.05) is 0 Å². The largest absolute Gasteiger partial charge is 0.109 e. The molecular weight excluding hydrogens is 232 g/mol. The normalized spacial score (nSPS) is 11.5. The van der Waals surface area contributed by atoms with Gasteiger partial charge in [0.2, 0.25) is 0 Å². The van der Waals surface area contributed by atoms with Crippen LogP contribution >= 0.6 is 0 Å². The summed E-state index contributed by atoms with van der Waals surface area (Å²) >= 11 is 0. The molecule has 0 N–H and O–H groups in total. The molecule has 0 saturated carbocycles. The lowest BCUT2D eigenvalue weighted by molar-refractivity contribution is 0.611. The molecule has 0 saturated heterocycles. The minimum atomic E-state index is -0.449. The summed E-state index contributed by atoms with van der Waals surface area (Å²) in [7, 11) is -0.449. The van der Waals surface area contributed by atoms with Crippen molar-refractivity contribution < 1.29 is 0 Å². The molecule has 0 heterocycles. The lowest BCUT2D eigenvalue weighted by Crippen LogP contribution is -2.23. The van der Waals surface area contributed by atoms with Gasteiger partial charge in [0.1, 0.15) is 8.80 Å². The molecule has 0 aromatic heterocycles. The maximum atomic E-state index is 2.45. The Morgan fingerprint density at radius 1 is 0.944 bits per heavy atom. The molecule has 0 spiro atoms. The van der Waals surface area contributed by atoms with E-state index in [1.807, 2.05) is 0 Å². The van der Waals surface area contributed by atoms with E-state index in [2.05, 4.69) is 55.6 Å². The van der Waals surface area contributed by atoms with Crippen molar-refractivity contribution in [3.05, 3.63) is 42.1 Å². The lowest BCUT2D eigenvalue weighted by Gasteiger charge is -2.03. The van der Waals surface area contributed by atoms with E-state index >= 15 is 0 Å². The SMILES string of the molecule is CCCCCCCC/C=C/[Si](C)c1ccccc1. The Kier molecular flexibility index (Phi) is 8.58. The van der Waals surface area contributed by atoms with Gasteiger partial charge in [-0.3, -0.25) is 0 Å². The molecular formula is C17H27Si. The molecule has 0 aliphatic rings. The predicted molar refractivity (Wildman–Crippen MR) is 84.8 cm³/mol. The van der Waals surface area contributed by atoms with Crippen molar-refractivity contribution >= 4 is 14.0 Å². The van der Waals surface area contributed by atoms with Crippen molar-refractivity contribution in [2.45, 2.75) is 58.4 Å². The van der Waals surface area contributed by atoms with Crippen molar-refractivity contribution in [1.29, 1.82) is 0 Å². The van der Waals surface area contributed by atoms with Crippen LogP contribution in [0.2, 0.25) is 6.55 Å². The molecule has 1 heteroatoms. The van der Waals surface area contributed by atoms with Crippen LogP contribution in [-0.2, 0) is 0 Å². The van der Waals surface area contributed by atoms with E-state index in [0.29, 0.717) is 0 Å². The van der Waals surface area contributed by atoms with E-state index in [1.54, 1.807) is 0 Å². The fourth-order valence-electron chi connectivity index (χ4n) is 2.10. The molecule has 0 aliphatic heterocycles. The zero-order valence-electron chi connectivity index (χ0n) is 12.0. The number of allylic oxidation sites excluding steroid dienone is 1. The van der Waals surface area contributed by atoms with Gasteiger partial charge in [0, 0.05) is 0 Å². The Bertz CT molecular complexity index is 316. The molecule has 0 bridgehead atoms. The van der Waals surface area contributed by atoms with E-state index in [1.165, 1.54) is 50.1 Å². The first-order valence-corrected chi connectivity index (χ1v) is 9.48. The highest BCUT2D eigenvalue weighted by molar-refractivity contribution is 6.76. The van der Waals surface area contributed by atoms with Crippen molar-refractivity contribution in [1.82, 2.24) is 0 Å². The molecule has 0 amide bonds. The summed E-state index contributed by atoms with van der Waals surface area (Å²) in [5, 5.41) is 1.52. The highest BCUT2D eigenvalue weighted by Crippen LogP contribution is 2.07. The minimum Gasteiger partial charge on any atom is -0.0957 e. The van der Waals surface area contributed by atoms with Gasteiger partial charge < -0.3 is 0 Å². The van der Waals surface area contributed by atoms with Gasteiger partial charge in [0.05, 0.1) is 0 Å². The van der Waals surface area contributed by atoms with Gasteiger partial charge >= 0.3 is 0 Å². The third-order valence-electron chi connectivity index (χ3n) is 3.32. The second kappa shape index (κ2) is 10.1. The first-order chi connectivity index (χ1) is 8.84. The third kappa shape index (κ3) is 6.80. The third-order valence-corrected chi connectivity index (χ3v) is 5.30. The first kappa shape index (κ1) is 15.2. The van der Waals surface area contributed by atoms with E-state index < -0.39 is 8.80 Å². The molecule has 0 atom stereocenters. The molecule has 99 valence electrons. The summed E-state index contributed by atoms with van der Waals surface area (Å²) in [5.74, 6) is 0. The maximum Gasteiger partial charge on any atom is 0.109 e. The van der Waals surface area contributed by atoms with Crippen molar-refractivity contribution in [3.8, 4) is 0 Å². The van der Waals surface area contributed by atoms with E-state index in [0.717, 1.165) is 0 Å². The highest BCUT2D eigenvalue weighted by Gasteiger charge is 2.01. The van der Waals surface area contributed by atoms with Crippen LogP contribution in [0.1, 0.15) is 51.9 Å². The van der Waals surface area contributed by atoms with Gasteiger partial charge in [-0.15, -0.1) is 0 Å². The van der Waals surface area contributed by atoms with Crippen LogP contribution in [-0.4, -0.2) is 8.80 Å². The quantitative estimate of drug-likeness (QED) is 0.439. The van der Waals surface area contributed by atoms with Crippen LogP contribution in [0.25, 0.3) is 0 Å². The fourth-order valence-corrected chi connectivity index (χ4v) is 3.53. The summed E-state index contributed by atoms with van der Waals surface area (Å²) in [5.41, 5.74) is 2.45. The average molecular weight is 259 g/mol. The number of unbranched alkanes of at least 4 members (excludes halogenated alkanes) is 6. The standard InChI is InChI=1S/C17H27Si/c1-3-4-5-6-7-8-9-13-16-18(2)17-14-11-10-12-15-17/h10-16H,3-9H2,1-2H3/b16-13+. The average Bonchev–Trinajstić information content (AvgIpc) is 2.42. The summed E-state index contributed by atoms with van der Waals surface area (Å²) in [6.45, 7) is 4.65. The van der Waals surface area contributed by atoms with Crippen LogP contribution in [0.5, 0.6) is 0 Å². The number of rotatable bonds is 9. The zero-order valence-corrected chi connectivity index (χ0v) is 13.0. The van der Waals surface area contributed by atoms with Crippen LogP contribution in [0.4, 0.5) is 0 Å². The number of benzene rings is 1. The molecule has 18 heavy (non-hydrogen) atoms. The van der Waals surface area contributed by atoms with Crippen LogP contribution in [0.3, 0.4) is 0 Å². The van der Waals surface area contributed by atoms with Crippen LogP contribution in [0.15, 0.2) is 42.1 Å². The second-order valence-corrected chi connectivity index (χ2v) is 7.28. The molecule has 1 rings (SSSR count). The number of hydrogen-bond acceptors (Lipinski definition) is 0. The summed E-state index contributed by atoms with van der Waals surface area (Å²) in [6.07, 6.45) is 12.0. The van der Waals surface area contributed by atoms with Crippen LogP contribution in [0, 0.1) is 0 Å². The van der Waals surface area contributed by atoms with Gasteiger partial charge in [0.15, 0.2) is 0 Å². The fraction of sp³-hybridized carbons (Fsp3) is 0.529. The molecule has 0 unspecified atom stereocenters. The first-order valence-electron chi connectivity index (χ1n) is 7.40. The minimum absolute atomic E-state index is 0.449. The Hall–Kier alpha value is -0.823. The van der Waals surface area contributed by atoms with E-state index in [4.69, 9.17) is 0 Å². The number of hydrogen-bond donors (Lipinski definition) is 0. The summed E-state index contributed by atoms with van der Waals surface area (Å²) in [4.78, 5) is 0. The predicted octanol–water partition coefficient (Wildman–Crippen LogP) is 4.86. The molecule has 1 aromatic rings. The smallest absolute Gasteiger partial charge is 0.0957 e. The van der Waals surface area contributed by atoms with Gasteiger partial charge in [-0.2, -0.15) is 0 Å². The summed E-state index contributed by atoms with van der Waals surface area (Å²) in [6, 6.07) is 10.9. The van der Waals surface area contributed by atoms with Gasteiger partial charge in [-0.1, -0.05) is 92.9 Å². The Morgan fingerprint density at radius 2 is 1.61 bits per heavy atom. The Labute approximate surface area is 115 Å². The topological polar surface area (TPSA) is 0 Å². The molecule has 0 fully saturated rings. The highest BCUT2D eigenvalue weighted by atomic mass is 28.3. The Morgan fingerprint density at radius 3 is 2.33 bits per heavy atom.